The molecule has 0 atom stereocenters. The highest BCUT2D eigenvalue weighted by atomic mass is 35.5. The molecule has 0 bridgehead atoms. The minimum absolute atomic E-state index is 0.0651. The van der Waals surface area contributed by atoms with Crippen molar-refractivity contribution < 1.29 is 27.8 Å². The molecule has 0 fully saturated rings. The smallest absolute Gasteiger partial charge is 0.416 e. The van der Waals surface area contributed by atoms with Gasteiger partial charge in [-0.15, -0.1) is 0 Å². The summed E-state index contributed by atoms with van der Waals surface area (Å²) in [6.45, 7) is 0.907. The van der Waals surface area contributed by atoms with Gasteiger partial charge in [-0.05, 0) is 59.3 Å². The van der Waals surface area contributed by atoms with Crippen LogP contribution in [-0.4, -0.2) is 32.6 Å². The van der Waals surface area contributed by atoms with E-state index in [9.17, 15) is 18.0 Å². The molecule has 3 aromatic carbocycles. The van der Waals surface area contributed by atoms with E-state index in [1.165, 1.54) is 23.9 Å². The summed E-state index contributed by atoms with van der Waals surface area (Å²) in [6, 6.07) is 18.9. The van der Waals surface area contributed by atoms with E-state index in [-0.39, 0.29) is 12.2 Å². The highest BCUT2D eigenvalue weighted by Gasteiger charge is 2.31. The summed E-state index contributed by atoms with van der Waals surface area (Å²) in [5.74, 6) is -0.476. The van der Waals surface area contributed by atoms with Gasteiger partial charge in [0.15, 0.2) is 0 Å². The summed E-state index contributed by atoms with van der Waals surface area (Å²) in [7, 11) is 0. The summed E-state index contributed by atoms with van der Waals surface area (Å²) in [5, 5.41) is 18.0. The zero-order chi connectivity index (χ0) is 29.9. The lowest BCUT2D eigenvalue weighted by molar-refractivity contribution is -0.138. The Kier molecular flexibility index (Phi) is 8.86. The molecule has 42 heavy (non-hydrogen) atoms. The lowest BCUT2D eigenvalue weighted by Gasteiger charge is -2.22. The molecule has 216 valence electrons. The molecular formula is C30H22Cl2F3N3O3S. The van der Waals surface area contributed by atoms with Gasteiger partial charge in [0.05, 0.1) is 28.6 Å². The van der Waals surface area contributed by atoms with E-state index in [2.05, 4.69) is 0 Å². The second-order valence-corrected chi connectivity index (χ2v) is 11.1. The van der Waals surface area contributed by atoms with Crippen LogP contribution in [0.25, 0.3) is 0 Å². The molecule has 0 amide bonds. The summed E-state index contributed by atoms with van der Waals surface area (Å²) in [5.41, 5.74) is 1.52. The fourth-order valence-electron chi connectivity index (χ4n) is 4.10. The number of carbonyl (C=O) groups is 1. The van der Waals surface area contributed by atoms with E-state index in [0.717, 1.165) is 22.7 Å². The van der Waals surface area contributed by atoms with Crippen LogP contribution in [0.4, 0.5) is 13.2 Å². The molecule has 2 aliphatic rings. The zero-order valence-electron chi connectivity index (χ0n) is 21.7. The molecule has 6 nitrogen and oxygen atoms in total. The molecule has 12 heteroatoms. The van der Waals surface area contributed by atoms with Crippen molar-refractivity contribution in [2.75, 3.05) is 6.54 Å². The van der Waals surface area contributed by atoms with Gasteiger partial charge in [0.25, 0.3) is 0 Å². The van der Waals surface area contributed by atoms with Gasteiger partial charge < -0.3 is 14.7 Å². The highest BCUT2D eigenvalue weighted by Crippen LogP contribution is 2.37. The molecular weight excluding hydrogens is 610 g/mol. The molecule has 0 unspecified atom stereocenters. The minimum Gasteiger partial charge on any atom is -0.481 e. The zero-order valence-corrected chi connectivity index (χ0v) is 24.0. The van der Waals surface area contributed by atoms with Crippen molar-refractivity contribution >= 4 is 46.0 Å². The van der Waals surface area contributed by atoms with Gasteiger partial charge in [0.2, 0.25) is 0 Å². The maximum Gasteiger partial charge on any atom is 0.416 e. The van der Waals surface area contributed by atoms with Gasteiger partial charge in [0.1, 0.15) is 21.6 Å². The maximum absolute atomic E-state index is 13.2. The van der Waals surface area contributed by atoms with Crippen LogP contribution in [0.5, 0.6) is 11.5 Å². The van der Waals surface area contributed by atoms with Crippen molar-refractivity contribution in [1.82, 2.24) is 9.91 Å². The number of aliphatic carboxylic acids is 1. The Balaban J connectivity index is 1.40. The number of hydrogen-bond acceptors (Lipinski definition) is 6. The fourth-order valence-corrected chi connectivity index (χ4v) is 5.40. The molecule has 0 spiro atoms. The number of allylic oxidation sites excluding steroid dienone is 2. The van der Waals surface area contributed by atoms with E-state index in [0.29, 0.717) is 45.1 Å². The first kappa shape index (κ1) is 29.6. The third-order valence-electron chi connectivity index (χ3n) is 6.12. The molecule has 5 rings (SSSR count). The fraction of sp³-hybridized carbons (Fsp3) is 0.133. The predicted octanol–water partition coefficient (Wildman–Crippen LogP) is 8.35. The van der Waals surface area contributed by atoms with Crippen LogP contribution in [0, 0.1) is 0 Å². The lowest BCUT2D eigenvalue weighted by Crippen LogP contribution is -2.18. The largest absolute Gasteiger partial charge is 0.481 e. The van der Waals surface area contributed by atoms with Crippen molar-refractivity contribution in [3.63, 3.8) is 0 Å². The van der Waals surface area contributed by atoms with Crippen LogP contribution in [0.2, 0.25) is 0 Å². The number of thioether (sulfide) groups is 1. The number of ether oxygens (including phenoxy) is 1. The number of nitrogens with zero attached hydrogens (tertiary/aromatic N) is 3. The monoisotopic (exact) mass is 631 g/mol. The summed E-state index contributed by atoms with van der Waals surface area (Å²) in [4.78, 5) is 12.9. The topological polar surface area (TPSA) is 65.4 Å². The number of alkyl halides is 3. The van der Waals surface area contributed by atoms with Crippen LogP contribution >= 0.6 is 35.0 Å². The SMILES string of the molecule is O=C(O)Cc1ccc(CN2N=C(c3cccc(Oc4cccc(C(F)(F)F)c4)c3)SC2=CN2C=C(Cl)C(Cl)=CC2)cc1. The molecule has 2 heterocycles. The normalized spacial score (nSPS) is 16.3. The Morgan fingerprint density at radius 1 is 1.00 bits per heavy atom. The molecule has 0 aromatic heterocycles. The number of benzene rings is 3. The van der Waals surface area contributed by atoms with Crippen molar-refractivity contribution in [2.24, 2.45) is 5.10 Å². The molecule has 0 radical (unpaired) electrons. The first-order valence-corrected chi connectivity index (χ1v) is 14.1. The second-order valence-electron chi connectivity index (χ2n) is 9.30. The maximum atomic E-state index is 13.2. The van der Waals surface area contributed by atoms with E-state index in [4.69, 9.17) is 38.1 Å². The standard InChI is InChI=1S/C30H22Cl2F3N3O3S/c31-25-11-12-37(17-26(25)32)18-27-38(16-20-9-7-19(8-10-20)13-28(39)40)36-29(42-27)21-3-1-5-23(14-21)41-24-6-2-4-22(15-24)30(33,34)35/h1-11,14-15,17-18H,12-13,16H2,(H,39,40). The van der Waals surface area contributed by atoms with Gasteiger partial charge in [-0.25, -0.2) is 0 Å². The molecule has 0 saturated carbocycles. The minimum atomic E-state index is -4.48. The molecule has 0 aliphatic carbocycles. The molecule has 2 aliphatic heterocycles. The summed E-state index contributed by atoms with van der Waals surface area (Å²) in [6.07, 6.45) is 0.865. The number of carboxylic acids is 1. The highest BCUT2D eigenvalue weighted by molar-refractivity contribution is 8.17. The number of carboxylic acid groups (broad SMARTS) is 1. The van der Waals surface area contributed by atoms with E-state index >= 15 is 0 Å². The van der Waals surface area contributed by atoms with Gasteiger partial charge in [-0.3, -0.25) is 9.80 Å². The van der Waals surface area contributed by atoms with Crippen LogP contribution in [-0.2, 0) is 23.9 Å². The van der Waals surface area contributed by atoms with E-state index in [1.54, 1.807) is 42.6 Å². The van der Waals surface area contributed by atoms with E-state index in [1.807, 2.05) is 34.3 Å². The van der Waals surface area contributed by atoms with Crippen LogP contribution in [0.3, 0.4) is 0 Å². The Morgan fingerprint density at radius 2 is 1.69 bits per heavy atom. The van der Waals surface area contributed by atoms with Gasteiger partial charge in [0, 0.05) is 24.5 Å². The van der Waals surface area contributed by atoms with Crippen molar-refractivity contribution in [1.29, 1.82) is 0 Å². The molecule has 1 N–H and O–H groups in total. The summed E-state index contributed by atoms with van der Waals surface area (Å²) >= 11 is 13.7. The first-order chi connectivity index (χ1) is 20.0. The quantitative estimate of drug-likeness (QED) is 0.269. The number of halogens is 5. The third-order valence-corrected chi connectivity index (χ3v) is 7.91. The predicted molar refractivity (Wildman–Crippen MR) is 158 cm³/mol. The summed E-state index contributed by atoms with van der Waals surface area (Å²) < 4.78 is 45.2. The molecule has 3 aromatic rings. The average Bonchev–Trinajstić information content (AvgIpc) is 3.33. The van der Waals surface area contributed by atoms with Gasteiger partial charge in [-0.1, -0.05) is 65.7 Å². The Bertz CT molecular complexity index is 1620. The Morgan fingerprint density at radius 3 is 2.38 bits per heavy atom. The van der Waals surface area contributed by atoms with Crippen LogP contribution < -0.4 is 4.74 Å². The van der Waals surface area contributed by atoms with Crippen molar-refractivity contribution in [3.8, 4) is 11.5 Å². The van der Waals surface area contributed by atoms with Gasteiger partial charge >= 0.3 is 12.1 Å². The van der Waals surface area contributed by atoms with Gasteiger partial charge in [-0.2, -0.15) is 18.3 Å². The van der Waals surface area contributed by atoms with Crippen LogP contribution in [0.15, 0.2) is 111 Å². The number of hydrogen-bond donors (Lipinski definition) is 1. The first-order valence-electron chi connectivity index (χ1n) is 12.5. The Hall–Kier alpha value is -3.86. The number of hydrazone groups is 1. The lowest BCUT2D eigenvalue weighted by atomic mass is 10.1. The van der Waals surface area contributed by atoms with Crippen molar-refractivity contribution in [3.05, 3.63) is 129 Å². The van der Waals surface area contributed by atoms with Crippen molar-refractivity contribution in [2.45, 2.75) is 19.1 Å². The Labute approximate surface area is 254 Å². The molecule has 0 saturated heterocycles. The van der Waals surface area contributed by atoms with E-state index < -0.39 is 17.7 Å². The second kappa shape index (κ2) is 12.6. The average molecular weight is 632 g/mol. The number of rotatable bonds is 8. The third kappa shape index (κ3) is 7.50. The van der Waals surface area contributed by atoms with Crippen LogP contribution in [0.1, 0.15) is 22.3 Å².